The Morgan fingerprint density at radius 3 is 2.51 bits per heavy atom. The van der Waals surface area contributed by atoms with Crippen molar-refractivity contribution in [3.63, 3.8) is 0 Å². The lowest BCUT2D eigenvalue weighted by molar-refractivity contribution is 0.311. The Balaban J connectivity index is 1.43. The molecule has 1 aliphatic carbocycles. The van der Waals surface area contributed by atoms with Crippen LogP contribution in [0.5, 0.6) is 0 Å². The van der Waals surface area contributed by atoms with Crippen LogP contribution in [0, 0.1) is 12.8 Å². The largest absolute Gasteiger partial charge is 0.337 e. The van der Waals surface area contributed by atoms with Crippen LogP contribution in [-0.4, -0.2) is 28.1 Å². The van der Waals surface area contributed by atoms with Gasteiger partial charge >= 0.3 is 5.69 Å². The maximum Gasteiger partial charge on any atom is 0.326 e. The number of nitrogens with one attached hydrogen (secondary N) is 2. The molecule has 4 aromatic rings. The fraction of sp³-hybridized carbons (Fsp3) is 0.400. The number of rotatable bonds is 7. The van der Waals surface area contributed by atoms with Crippen molar-refractivity contribution >= 4 is 21.1 Å². The second-order valence-corrected chi connectivity index (χ2v) is 11.3. The first-order valence-electron chi connectivity index (χ1n) is 11.9. The van der Waals surface area contributed by atoms with Crippen LogP contribution >= 0.6 is 0 Å². The molecule has 0 spiro atoms. The second-order valence-electron chi connectivity index (χ2n) is 9.58. The summed E-state index contributed by atoms with van der Waals surface area (Å²) in [6, 6.07) is 11.8. The van der Waals surface area contributed by atoms with Gasteiger partial charge in [-0.1, -0.05) is 49.5 Å². The van der Waals surface area contributed by atoms with Crippen LogP contribution in [0.2, 0.25) is 0 Å². The van der Waals surface area contributed by atoms with E-state index < -0.39 is 16.1 Å². The Labute approximate surface area is 203 Å². The van der Waals surface area contributed by atoms with Gasteiger partial charge in [-0.25, -0.2) is 13.2 Å². The molecule has 2 N–H and O–H groups in total. The molecule has 0 amide bonds. The van der Waals surface area contributed by atoms with Gasteiger partial charge in [-0.15, -0.1) is 0 Å². The van der Waals surface area contributed by atoms with E-state index in [0.29, 0.717) is 16.9 Å². The number of aromatic nitrogens is 4. The first-order valence-corrected chi connectivity index (χ1v) is 13.4. The average molecular weight is 496 g/mol. The molecule has 10 heteroatoms. The van der Waals surface area contributed by atoms with Crippen molar-refractivity contribution in [2.75, 3.05) is 0 Å². The van der Waals surface area contributed by atoms with Crippen molar-refractivity contribution in [3.8, 4) is 11.4 Å². The molecule has 1 aliphatic rings. The fourth-order valence-electron chi connectivity index (χ4n) is 4.70. The van der Waals surface area contributed by atoms with Crippen LogP contribution in [-0.2, 0) is 10.0 Å². The van der Waals surface area contributed by atoms with Crippen LogP contribution in [0.3, 0.4) is 0 Å². The molecular weight excluding hydrogens is 466 g/mol. The quantitative estimate of drug-likeness (QED) is 0.390. The van der Waals surface area contributed by atoms with Crippen LogP contribution < -0.4 is 10.4 Å². The zero-order valence-electron chi connectivity index (χ0n) is 20.0. The zero-order chi connectivity index (χ0) is 24.7. The summed E-state index contributed by atoms with van der Waals surface area (Å²) in [5, 5.41) is 4.10. The molecule has 2 heterocycles. The van der Waals surface area contributed by atoms with E-state index in [0.717, 1.165) is 36.8 Å². The van der Waals surface area contributed by atoms with E-state index in [1.165, 1.54) is 0 Å². The maximum atomic E-state index is 13.0. The molecule has 184 valence electrons. The van der Waals surface area contributed by atoms with Gasteiger partial charge in [-0.3, -0.25) is 4.57 Å². The number of benzene rings is 2. The minimum Gasteiger partial charge on any atom is -0.337 e. The lowest BCUT2D eigenvalue weighted by atomic mass is 10.1. The number of aromatic amines is 1. The molecule has 2 aromatic carbocycles. The summed E-state index contributed by atoms with van der Waals surface area (Å²) >= 11 is 0. The van der Waals surface area contributed by atoms with E-state index in [4.69, 9.17) is 4.52 Å². The Hall–Kier alpha value is -3.24. The molecule has 0 radical (unpaired) electrons. The smallest absolute Gasteiger partial charge is 0.326 e. The van der Waals surface area contributed by atoms with Gasteiger partial charge in [0.15, 0.2) is 0 Å². The Kier molecular flexibility index (Phi) is 6.10. The molecule has 9 nitrogen and oxygen atoms in total. The van der Waals surface area contributed by atoms with E-state index in [1.54, 1.807) is 24.3 Å². The molecule has 5 rings (SSSR count). The summed E-state index contributed by atoms with van der Waals surface area (Å²) < 4.78 is 36.0. The molecule has 1 atom stereocenters. The summed E-state index contributed by atoms with van der Waals surface area (Å²) in [7, 11) is -3.78. The molecule has 0 bridgehead atoms. The third kappa shape index (κ3) is 4.55. The fourth-order valence-corrected chi connectivity index (χ4v) is 6.04. The minimum absolute atomic E-state index is 0.108. The standard InChI is InChI=1S/C25H29N5O4S/c1-15(2)22(29-35(32,33)19-11-8-16(3)9-12-19)24-27-23(28-34-24)17-10-13-21-20(14-17)26-25(31)30(21)18-6-4-5-7-18/h8-15,18,22,29H,4-7H2,1-3H3,(H,26,31)/t22-/m1/s1. The zero-order valence-corrected chi connectivity index (χ0v) is 20.8. The van der Waals surface area contributed by atoms with E-state index in [9.17, 15) is 13.2 Å². The van der Waals surface area contributed by atoms with Gasteiger partial charge in [-0.05, 0) is 56.0 Å². The second kappa shape index (κ2) is 9.09. The summed E-state index contributed by atoms with van der Waals surface area (Å²) in [4.78, 5) is 20.2. The number of H-pyrrole nitrogens is 1. The predicted molar refractivity (Wildman–Crippen MR) is 132 cm³/mol. The number of sulfonamides is 1. The van der Waals surface area contributed by atoms with Crippen molar-refractivity contribution < 1.29 is 12.9 Å². The van der Waals surface area contributed by atoms with Crippen molar-refractivity contribution in [3.05, 3.63) is 64.4 Å². The molecule has 0 aliphatic heterocycles. The van der Waals surface area contributed by atoms with Crippen LogP contribution in [0.1, 0.15) is 63.1 Å². The molecule has 1 fully saturated rings. The van der Waals surface area contributed by atoms with Gasteiger partial charge in [0, 0.05) is 11.6 Å². The number of aryl methyl sites for hydroxylation is 1. The van der Waals surface area contributed by atoms with Crippen molar-refractivity contribution in [2.24, 2.45) is 5.92 Å². The number of fused-ring (bicyclic) bond motifs is 1. The van der Waals surface area contributed by atoms with Gasteiger partial charge in [0.25, 0.3) is 0 Å². The molecule has 0 unspecified atom stereocenters. The Morgan fingerprint density at radius 1 is 1.11 bits per heavy atom. The molecule has 35 heavy (non-hydrogen) atoms. The summed E-state index contributed by atoms with van der Waals surface area (Å²) in [6.07, 6.45) is 4.30. The normalized spacial score (nSPS) is 15.9. The van der Waals surface area contributed by atoms with Crippen molar-refractivity contribution in [1.29, 1.82) is 0 Å². The van der Waals surface area contributed by atoms with E-state index >= 15 is 0 Å². The highest BCUT2D eigenvalue weighted by Crippen LogP contribution is 2.32. The van der Waals surface area contributed by atoms with Gasteiger partial charge < -0.3 is 9.51 Å². The topological polar surface area (TPSA) is 123 Å². The number of nitrogens with zero attached hydrogens (tertiary/aromatic N) is 3. The number of hydrogen-bond donors (Lipinski definition) is 2. The SMILES string of the molecule is Cc1ccc(S(=O)(=O)N[C@@H](c2nc(-c3ccc4c(c3)[nH]c(=O)n4C3CCCC3)no2)C(C)C)cc1. The van der Waals surface area contributed by atoms with E-state index in [2.05, 4.69) is 19.8 Å². The number of hydrogen-bond acceptors (Lipinski definition) is 6. The maximum absolute atomic E-state index is 13.0. The molecule has 1 saturated carbocycles. The first-order chi connectivity index (χ1) is 16.7. The lowest BCUT2D eigenvalue weighted by Gasteiger charge is -2.18. The molecule has 0 saturated heterocycles. The Morgan fingerprint density at radius 2 is 1.83 bits per heavy atom. The highest BCUT2D eigenvalue weighted by atomic mass is 32.2. The lowest BCUT2D eigenvalue weighted by Crippen LogP contribution is -2.32. The highest BCUT2D eigenvalue weighted by Gasteiger charge is 2.29. The molecular formula is C25H29N5O4S. The first kappa shape index (κ1) is 23.5. The third-order valence-electron chi connectivity index (χ3n) is 6.65. The van der Waals surface area contributed by atoms with Crippen molar-refractivity contribution in [2.45, 2.75) is 63.4 Å². The van der Waals surface area contributed by atoms with E-state index in [1.807, 2.05) is 43.5 Å². The Bertz CT molecular complexity index is 1510. The van der Waals surface area contributed by atoms with Gasteiger partial charge in [0.2, 0.25) is 21.7 Å². The average Bonchev–Trinajstić information content (AvgIpc) is 3.56. The monoisotopic (exact) mass is 495 g/mol. The highest BCUT2D eigenvalue weighted by molar-refractivity contribution is 7.89. The van der Waals surface area contributed by atoms with Gasteiger partial charge in [0.1, 0.15) is 6.04 Å². The number of imidazole rings is 1. The summed E-state index contributed by atoms with van der Waals surface area (Å²) in [5.74, 6) is 0.377. The van der Waals surface area contributed by atoms with Crippen molar-refractivity contribution in [1.82, 2.24) is 24.4 Å². The van der Waals surface area contributed by atoms with E-state index in [-0.39, 0.29) is 28.4 Å². The van der Waals surface area contributed by atoms with Gasteiger partial charge in [0.05, 0.1) is 15.9 Å². The summed E-state index contributed by atoms with van der Waals surface area (Å²) in [6.45, 7) is 5.67. The third-order valence-corrected chi connectivity index (χ3v) is 8.11. The van der Waals surface area contributed by atoms with Crippen LogP contribution in [0.15, 0.2) is 56.7 Å². The van der Waals surface area contributed by atoms with Gasteiger partial charge in [-0.2, -0.15) is 9.71 Å². The molecule has 2 aromatic heterocycles. The van der Waals surface area contributed by atoms with Crippen LogP contribution in [0.4, 0.5) is 0 Å². The minimum atomic E-state index is -3.78. The predicted octanol–water partition coefficient (Wildman–Crippen LogP) is 4.48. The summed E-state index contributed by atoms with van der Waals surface area (Å²) in [5.41, 5.74) is 3.12. The van der Waals surface area contributed by atoms with Crippen LogP contribution in [0.25, 0.3) is 22.4 Å².